The minimum Gasteiger partial charge on any atom is -0.497 e. The van der Waals surface area contributed by atoms with Crippen LogP contribution in [0.1, 0.15) is 6.42 Å². The van der Waals surface area contributed by atoms with Crippen LogP contribution in [0.15, 0.2) is 24.3 Å². The number of carbonyl (C=O) groups excluding carboxylic acids is 4. The van der Waals surface area contributed by atoms with E-state index < -0.39 is 48.7 Å². The van der Waals surface area contributed by atoms with Crippen molar-refractivity contribution in [3.05, 3.63) is 24.3 Å². The van der Waals surface area contributed by atoms with Gasteiger partial charge in [0, 0.05) is 5.69 Å². The molecule has 1 aromatic carbocycles. The van der Waals surface area contributed by atoms with E-state index in [9.17, 15) is 19.2 Å². The molecule has 3 amide bonds. The quantitative estimate of drug-likeness (QED) is 0.398. The summed E-state index contributed by atoms with van der Waals surface area (Å²) in [6, 6.07) is 6.63. The monoisotopic (exact) mass is 454 g/mol. The maximum atomic E-state index is 12.7. The molecule has 0 unspecified atom stereocenters. The van der Waals surface area contributed by atoms with Gasteiger partial charge < -0.3 is 14.8 Å². The maximum absolute atomic E-state index is 12.7. The van der Waals surface area contributed by atoms with Crippen molar-refractivity contribution in [1.29, 1.82) is 0 Å². The van der Waals surface area contributed by atoms with Gasteiger partial charge in [0.2, 0.25) is 11.8 Å². The van der Waals surface area contributed by atoms with Crippen molar-refractivity contribution in [2.24, 2.45) is 23.7 Å². The Morgan fingerprint density at radius 1 is 1.07 bits per heavy atom. The normalized spacial score (nSPS) is 31.6. The minimum atomic E-state index is -0.834. The number of esters is 1. The first-order chi connectivity index (χ1) is 14.3. The molecule has 10 heteroatoms. The lowest BCUT2D eigenvalue weighted by atomic mass is 9.80. The van der Waals surface area contributed by atoms with Crippen molar-refractivity contribution in [3.63, 3.8) is 0 Å². The fourth-order valence-electron chi connectivity index (χ4n) is 4.76. The number of halogens is 2. The number of nitrogens with one attached hydrogen (secondary N) is 1. The van der Waals surface area contributed by atoms with E-state index in [0.717, 1.165) is 4.90 Å². The Labute approximate surface area is 182 Å². The predicted molar refractivity (Wildman–Crippen MR) is 107 cm³/mol. The number of rotatable bonds is 6. The summed E-state index contributed by atoms with van der Waals surface area (Å²) in [5.41, 5.74) is 0.510. The SMILES string of the molecule is COc1ccc(NC(=O)COC(=O)CN2C(=O)[C@@H]3[C@H]4C[C@@H]([C@H](Cl)[C@@H]4Cl)[C@@H]3C2=O)cc1. The summed E-state index contributed by atoms with van der Waals surface area (Å²) in [6.45, 7) is -1.06. The fraction of sp³-hybridized carbons (Fsp3) is 0.500. The minimum absolute atomic E-state index is 0.156. The molecule has 30 heavy (non-hydrogen) atoms. The smallest absolute Gasteiger partial charge is 0.326 e. The van der Waals surface area contributed by atoms with E-state index in [4.69, 9.17) is 32.7 Å². The fourth-order valence-corrected chi connectivity index (χ4v) is 5.65. The highest BCUT2D eigenvalue weighted by Gasteiger charge is 2.66. The van der Waals surface area contributed by atoms with Crippen LogP contribution < -0.4 is 10.1 Å². The summed E-state index contributed by atoms with van der Waals surface area (Å²) in [6.07, 6.45) is 0.652. The molecule has 1 heterocycles. The number of ether oxygens (including phenoxy) is 2. The van der Waals surface area contributed by atoms with Gasteiger partial charge in [-0.15, -0.1) is 23.2 Å². The average molecular weight is 455 g/mol. The Morgan fingerprint density at radius 3 is 2.17 bits per heavy atom. The first kappa shape index (κ1) is 20.9. The predicted octanol–water partition coefficient (Wildman–Crippen LogP) is 1.64. The second-order valence-electron chi connectivity index (χ2n) is 7.70. The standard InChI is InChI=1S/C20H20Cl2N2O6/c1-29-10-4-2-9(3-5-10)23-13(25)8-30-14(26)7-24-19(27)15-11-6-12(16(15)20(24)28)18(22)17(11)21/h2-5,11-12,15-18H,6-8H2,1H3,(H,23,25)/t11-,12-,15-,16+,17-,18+/m1/s1. The molecule has 3 fully saturated rings. The molecule has 2 aliphatic carbocycles. The van der Waals surface area contributed by atoms with E-state index in [1.54, 1.807) is 24.3 Å². The number of carbonyl (C=O) groups is 4. The molecule has 4 rings (SSSR count). The molecule has 1 aliphatic heterocycles. The Morgan fingerprint density at radius 2 is 1.63 bits per heavy atom. The highest BCUT2D eigenvalue weighted by atomic mass is 35.5. The Bertz CT molecular complexity index is 860. The summed E-state index contributed by atoms with van der Waals surface area (Å²) < 4.78 is 9.97. The van der Waals surface area contributed by atoms with E-state index in [1.165, 1.54) is 7.11 Å². The molecule has 0 spiro atoms. The number of imide groups is 1. The summed E-state index contributed by atoms with van der Waals surface area (Å²) in [5, 5.41) is 1.86. The highest BCUT2D eigenvalue weighted by Crippen LogP contribution is 2.59. The van der Waals surface area contributed by atoms with E-state index in [0.29, 0.717) is 17.9 Å². The molecule has 2 saturated carbocycles. The number of nitrogens with zero attached hydrogens (tertiary/aromatic N) is 1. The van der Waals surface area contributed by atoms with Gasteiger partial charge in [0.1, 0.15) is 12.3 Å². The van der Waals surface area contributed by atoms with Crippen LogP contribution in [0.5, 0.6) is 5.75 Å². The first-order valence-electron chi connectivity index (χ1n) is 9.54. The third-order valence-electron chi connectivity index (χ3n) is 6.10. The zero-order valence-corrected chi connectivity index (χ0v) is 17.6. The van der Waals surface area contributed by atoms with Crippen LogP contribution in [0, 0.1) is 23.7 Å². The zero-order chi connectivity index (χ0) is 21.6. The van der Waals surface area contributed by atoms with Crippen LogP contribution in [-0.4, -0.2) is 59.6 Å². The summed E-state index contributed by atoms with van der Waals surface area (Å²) in [7, 11) is 1.53. The van der Waals surface area contributed by atoms with Crippen molar-refractivity contribution in [1.82, 2.24) is 4.90 Å². The molecule has 1 N–H and O–H groups in total. The molecule has 0 aromatic heterocycles. The topological polar surface area (TPSA) is 102 Å². The lowest BCUT2D eigenvalue weighted by Crippen LogP contribution is -2.38. The first-order valence-corrected chi connectivity index (χ1v) is 10.4. The van der Waals surface area contributed by atoms with E-state index in [2.05, 4.69) is 5.32 Å². The molecule has 1 aromatic rings. The van der Waals surface area contributed by atoms with Gasteiger partial charge >= 0.3 is 5.97 Å². The summed E-state index contributed by atoms with van der Waals surface area (Å²) in [5.74, 6) is -2.92. The average Bonchev–Trinajstić information content (AvgIpc) is 3.34. The molecule has 0 radical (unpaired) electrons. The van der Waals surface area contributed by atoms with Gasteiger partial charge in [0.15, 0.2) is 6.61 Å². The number of hydrogen-bond acceptors (Lipinski definition) is 6. The number of hydrogen-bond donors (Lipinski definition) is 1. The van der Waals surface area contributed by atoms with E-state index >= 15 is 0 Å². The molecular weight excluding hydrogens is 435 g/mol. The van der Waals surface area contributed by atoms with Crippen molar-refractivity contribution in [3.8, 4) is 5.75 Å². The zero-order valence-electron chi connectivity index (χ0n) is 16.0. The van der Waals surface area contributed by atoms with Crippen LogP contribution in [0.2, 0.25) is 0 Å². The molecule has 3 aliphatic rings. The number of anilines is 1. The number of benzene rings is 1. The third kappa shape index (κ3) is 3.52. The number of fused-ring (bicyclic) bond motifs is 5. The van der Waals surface area contributed by atoms with E-state index in [-0.39, 0.29) is 22.6 Å². The van der Waals surface area contributed by atoms with Gasteiger partial charge in [0.05, 0.1) is 29.7 Å². The highest BCUT2D eigenvalue weighted by molar-refractivity contribution is 6.31. The Kier molecular flexibility index (Phi) is 5.63. The van der Waals surface area contributed by atoms with Crippen molar-refractivity contribution in [2.45, 2.75) is 17.2 Å². The molecule has 160 valence electrons. The maximum Gasteiger partial charge on any atom is 0.326 e. The lowest BCUT2D eigenvalue weighted by Gasteiger charge is -2.28. The van der Waals surface area contributed by atoms with Crippen LogP contribution in [0.4, 0.5) is 5.69 Å². The lowest BCUT2D eigenvalue weighted by molar-refractivity contribution is -0.154. The molecule has 6 atom stereocenters. The van der Waals surface area contributed by atoms with Crippen LogP contribution >= 0.6 is 23.2 Å². The summed E-state index contributed by atoms with van der Waals surface area (Å²) in [4.78, 5) is 50.4. The Balaban J connectivity index is 1.29. The van der Waals surface area contributed by atoms with Gasteiger partial charge in [0.25, 0.3) is 5.91 Å². The molecule has 2 bridgehead atoms. The Hall–Kier alpha value is -2.32. The van der Waals surface area contributed by atoms with Gasteiger partial charge in [-0.1, -0.05) is 0 Å². The van der Waals surface area contributed by atoms with Crippen LogP contribution in [0.25, 0.3) is 0 Å². The van der Waals surface area contributed by atoms with Gasteiger partial charge in [-0.05, 0) is 42.5 Å². The third-order valence-corrected chi connectivity index (χ3v) is 7.42. The summed E-state index contributed by atoms with van der Waals surface area (Å²) >= 11 is 12.6. The van der Waals surface area contributed by atoms with Crippen LogP contribution in [-0.2, 0) is 23.9 Å². The number of likely N-dealkylation sites (tertiary alicyclic amines) is 1. The number of amides is 3. The molecule has 1 saturated heterocycles. The van der Waals surface area contributed by atoms with Crippen molar-refractivity contribution >= 4 is 52.6 Å². The van der Waals surface area contributed by atoms with E-state index in [1.807, 2.05) is 0 Å². The second kappa shape index (κ2) is 8.07. The van der Waals surface area contributed by atoms with Gasteiger partial charge in [-0.3, -0.25) is 24.1 Å². The molecule has 8 nitrogen and oxygen atoms in total. The second-order valence-corrected chi connectivity index (χ2v) is 8.71. The largest absolute Gasteiger partial charge is 0.497 e. The van der Waals surface area contributed by atoms with Gasteiger partial charge in [-0.2, -0.15) is 0 Å². The van der Waals surface area contributed by atoms with Crippen molar-refractivity contribution in [2.75, 3.05) is 25.6 Å². The molecular formula is C20H20Cl2N2O6. The van der Waals surface area contributed by atoms with Crippen molar-refractivity contribution < 1.29 is 28.7 Å². The number of methoxy groups -OCH3 is 1. The van der Waals surface area contributed by atoms with Gasteiger partial charge in [-0.25, -0.2) is 0 Å². The van der Waals surface area contributed by atoms with Crippen LogP contribution in [0.3, 0.4) is 0 Å². The number of alkyl halides is 2.